The van der Waals surface area contributed by atoms with E-state index in [4.69, 9.17) is 10.5 Å². The highest BCUT2D eigenvalue weighted by atomic mass is 16.5. The average molecular weight is 390 g/mol. The summed E-state index contributed by atoms with van der Waals surface area (Å²) in [5.74, 6) is -0.174. The van der Waals surface area contributed by atoms with Gasteiger partial charge in [0.25, 0.3) is 0 Å². The Morgan fingerprint density at radius 1 is 1.32 bits per heavy atom. The number of hydrogen-bond acceptors (Lipinski definition) is 5. The second-order valence-electron chi connectivity index (χ2n) is 8.92. The lowest BCUT2D eigenvalue weighted by molar-refractivity contribution is -0.143. The van der Waals surface area contributed by atoms with Crippen molar-refractivity contribution in [3.8, 4) is 0 Å². The van der Waals surface area contributed by atoms with Gasteiger partial charge in [-0.15, -0.1) is 0 Å². The normalized spacial score (nSPS) is 14.4. The van der Waals surface area contributed by atoms with Crippen molar-refractivity contribution in [3.05, 3.63) is 29.5 Å². The third kappa shape index (κ3) is 4.33. The summed E-state index contributed by atoms with van der Waals surface area (Å²) in [6, 6.07) is 3.46. The number of methoxy groups -OCH3 is 1. The average Bonchev–Trinajstić information content (AvgIpc) is 3.03. The molecule has 0 saturated carbocycles. The van der Waals surface area contributed by atoms with Crippen LogP contribution in [0.2, 0.25) is 0 Å². The maximum absolute atomic E-state index is 12.5. The van der Waals surface area contributed by atoms with Gasteiger partial charge in [0.1, 0.15) is 6.04 Å². The molecule has 156 valence electrons. The Balaban J connectivity index is 2.71. The van der Waals surface area contributed by atoms with Crippen LogP contribution in [0.5, 0.6) is 0 Å². The number of rotatable bonds is 7. The Morgan fingerprint density at radius 3 is 2.46 bits per heavy atom. The number of nitrogens with zero attached hydrogens (tertiary/aromatic N) is 1. The number of benzene rings is 1. The first kappa shape index (κ1) is 22.2. The smallest absolute Gasteiger partial charge is 0.328 e. The number of fused-ring (bicyclic) bond motifs is 1. The molecule has 0 aliphatic heterocycles. The predicted octanol–water partition coefficient (Wildman–Crippen LogP) is 2.96. The lowest BCUT2D eigenvalue weighted by Gasteiger charge is -2.32. The molecular formula is C22H35N3O3. The highest BCUT2D eigenvalue weighted by molar-refractivity contribution is 5.99. The van der Waals surface area contributed by atoms with Crippen LogP contribution in [-0.4, -0.2) is 48.9 Å². The van der Waals surface area contributed by atoms with Gasteiger partial charge in [-0.3, -0.25) is 0 Å². The first-order valence-electron chi connectivity index (χ1n) is 9.83. The van der Waals surface area contributed by atoms with Crippen molar-refractivity contribution < 1.29 is 14.6 Å². The number of likely N-dealkylation sites (N-methyl/N-ethyl adjacent to an activating group) is 1. The third-order valence-electron chi connectivity index (χ3n) is 5.29. The zero-order valence-corrected chi connectivity index (χ0v) is 18.2. The number of aromatic nitrogens is 1. The van der Waals surface area contributed by atoms with Crippen LogP contribution < -0.4 is 10.6 Å². The minimum Gasteiger partial charge on any atom is -0.467 e. The molecule has 1 unspecified atom stereocenters. The van der Waals surface area contributed by atoms with Gasteiger partial charge in [-0.1, -0.05) is 40.7 Å². The van der Waals surface area contributed by atoms with Crippen LogP contribution in [-0.2, 0) is 21.4 Å². The van der Waals surface area contributed by atoms with E-state index in [9.17, 15) is 9.90 Å². The minimum absolute atomic E-state index is 0.0453. The molecule has 1 aromatic heterocycles. The molecule has 2 atom stereocenters. The van der Waals surface area contributed by atoms with Gasteiger partial charge in [0, 0.05) is 30.4 Å². The monoisotopic (exact) mass is 389 g/mol. The molecule has 6 heteroatoms. The van der Waals surface area contributed by atoms with Crippen LogP contribution in [0.1, 0.15) is 45.7 Å². The molecule has 0 aliphatic carbocycles. The van der Waals surface area contributed by atoms with E-state index in [1.165, 1.54) is 12.7 Å². The highest BCUT2D eigenvalue weighted by Gasteiger charge is 2.30. The molecule has 2 rings (SSSR count). The molecule has 6 nitrogen and oxygen atoms in total. The largest absolute Gasteiger partial charge is 0.467 e. The number of hydrogen-bond donors (Lipinski definition) is 3. The molecule has 2 aromatic rings. The molecule has 4 N–H and O–H groups in total. The molecule has 0 radical (unpaired) electrons. The van der Waals surface area contributed by atoms with Crippen LogP contribution in [0, 0.1) is 5.92 Å². The molecule has 0 spiro atoms. The number of esters is 1. The van der Waals surface area contributed by atoms with Crippen molar-refractivity contribution >= 4 is 22.6 Å². The zero-order valence-electron chi connectivity index (χ0n) is 18.2. The number of anilines is 1. The summed E-state index contributed by atoms with van der Waals surface area (Å²) in [6.07, 6.45) is 2.52. The van der Waals surface area contributed by atoms with E-state index in [1.54, 1.807) is 0 Å². The molecule has 0 amide bonds. The maximum atomic E-state index is 12.5. The van der Waals surface area contributed by atoms with E-state index in [-0.39, 0.29) is 30.0 Å². The SMILES string of the molecule is COC(=O)[C@H](C(C)C)N(C)c1ccc(C(C)(C)C)c2[nH]cc(CC(N)CO)c12. The summed E-state index contributed by atoms with van der Waals surface area (Å²) in [5.41, 5.74) is 10.2. The van der Waals surface area contributed by atoms with Gasteiger partial charge < -0.3 is 25.5 Å². The van der Waals surface area contributed by atoms with Crippen molar-refractivity contribution in [1.82, 2.24) is 4.98 Å². The second kappa shape index (κ2) is 8.53. The summed E-state index contributed by atoms with van der Waals surface area (Å²) >= 11 is 0. The summed E-state index contributed by atoms with van der Waals surface area (Å²) < 4.78 is 5.06. The molecule has 0 aliphatic rings. The predicted molar refractivity (Wildman–Crippen MR) is 115 cm³/mol. The summed E-state index contributed by atoms with van der Waals surface area (Å²) in [7, 11) is 3.35. The number of aromatic amines is 1. The van der Waals surface area contributed by atoms with Crippen LogP contribution >= 0.6 is 0 Å². The maximum Gasteiger partial charge on any atom is 0.328 e. The van der Waals surface area contributed by atoms with Crippen molar-refractivity contribution in [3.63, 3.8) is 0 Å². The van der Waals surface area contributed by atoms with E-state index in [0.29, 0.717) is 6.42 Å². The second-order valence-corrected chi connectivity index (χ2v) is 8.92. The molecule has 0 bridgehead atoms. The molecule has 0 saturated heterocycles. The van der Waals surface area contributed by atoms with Gasteiger partial charge in [-0.2, -0.15) is 0 Å². The molecule has 0 fully saturated rings. The number of aliphatic hydroxyl groups is 1. The van der Waals surface area contributed by atoms with E-state index in [2.05, 4.69) is 37.9 Å². The summed E-state index contributed by atoms with van der Waals surface area (Å²) in [4.78, 5) is 17.9. The van der Waals surface area contributed by atoms with Crippen molar-refractivity contribution in [2.75, 3.05) is 25.7 Å². The fraction of sp³-hybridized carbons (Fsp3) is 0.591. The fourth-order valence-corrected chi connectivity index (χ4v) is 3.87. The van der Waals surface area contributed by atoms with Crippen LogP contribution in [0.15, 0.2) is 18.3 Å². The lowest BCUT2D eigenvalue weighted by atomic mass is 9.84. The van der Waals surface area contributed by atoms with Gasteiger partial charge in [-0.05, 0) is 34.9 Å². The van der Waals surface area contributed by atoms with Crippen LogP contribution in [0.25, 0.3) is 10.9 Å². The number of nitrogens with one attached hydrogen (secondary N) is 1. The molecule has 1 aromatic carbocycles. The van der Waals surface area contributed by atoms with E-state index >= 15 is 0 Å². The van der Waals surface area contributed by atoms with Gasteiger partial charge in [0.2, 0.25) is 0 Å². The van der Waals surface area contributed by atoms with Crippen molar-refractivity contribution in [2.45, 2.75) is 58.5 Å². The number of ether oxygens (including phenoxy) is 1. The summed E-state index contributed by atoms with van der Waals surface area (Å²) in [6.45, 7) is 10.5. The van der Waals surface area contributed by atoms with Crippen LogP contribution in [0.3, 0.4) is 0 Å². The lowest BCUT2D eigenvalue weighted by Crippen LogP contribution is -2.43. The number of aliphatic hydroxyl groups excluding tert-OH is 1. The van der Waals surface area contributed by atoms with Crippen molar-refractivity contribution in [2.24, 2.45) is 11.7 Å². The minimum atomic E-state index is -0.400. The quantitative estimate of drug-likeness (QED) is 0.633. The molecule has 28 heavy (non-hydrogen) atoms. The van der Waals surface area contributed by atoms with E-state index in [0.717, 1.165) is 22.2 Å². The Kier molecular flexibility index (Phi) is 6.78. The number of H-pyrrole nitrogens is 1. The number of carbonyl (C=O) groups excluding carboxylic acids is 1. The number of carbonyl (C=O) groups is 1. The molecule has 1 heterocycles. The van der Waals surface area contributed by atoms with Gasteiger partial charge in [0.15, 0.2) is 0 Å². The highest BCUT2D eigenvalue weighted by Crippen LogP contribution is 2.38. The third-order valence-corrected chi connectivity index (χ3v) is 5.29. The van der Waals surface area contributed by atoms with Gasteiger partial charge in [0.05, 0.1) is 19.2 Å². The Labute approximate surface area is 168 Å². The van der Waals surface area contributed by atoms with E-state index in [1.807, 2.05) is 32.0 Å². The van der Waals surface area contributed by atoms with Crippen LogP contribution in [0.4, 0.5) is 5.69 Å². The summed E-state index contributed by atoms with van der Waals surface area (Å²) in [5, 5.41) is 10.5. The van der Waals surface area contributed by atoms with Crippen molar-refractivity contribution in [1.29, 1.82) is 0 Å². The zero-order chi connectivity index (χ0) is 21.2. The van der Waals surface area contributed by atoms with Gasteiger partial charge >= 0.3 is 5.97 Å². The Bertz CT molecular complexity index is 820. The fourth-order valence-electron chi connectivity index (χ4n) is 3.87. The Morgan fingerprint density at radius 2 is 1.96 bits per heavy atom. The number of nitrogens with two attached hydrogens (primary N) is 1. The van der Waals surface area contributed by atoms with E-state index < -0.39 is 6.04 Å². The topological polar surface area (TPSA) is 91.6 Å². The first-order valence-corrected chi connectivity index (χ1v) is 9.83. The molecular weight excluding hydrogens is 354 g/mol. The Hall–Kier alpha value is -2.05. The standard InChI is InChI=1S/C22H35N3O3/c1-13(2)20(21(27)28-7)25(6)17-9-8-16(22(3,4)5)19-18(17)14(11-24-19)10-15(23)12-26/h8-9,11,13,15,20,24,26H,10,12,23H2,1-7H3/t15?,20-/m0/s1. The van der Waals surface area contributed by atoms with Gasteiger partial charge in [-0.25, -0.2) is 4.79 Å². The first-order chi connectivity index (χ1) is 13.0.